The predicted octanol–water partition coefficient (Wildman–Crippen LogP) is -0.151. The first kappa shape index (κ1) is 16.3. The molecule has 2 aliphatic rings. The lowest BCUT2D eigenvalue weighted by Gasteiger charge is -2.30. The lowest BCUT2D eigenvalue weighted by Crippen LogP contribution is -2.52. The third-order valence-electron chi connectivity index (χ3n) is 3.91. The van der Waals surface area contributed by atoms with Gasteiger partial charge in [0.25, 0.3) is 0 Å². The standard InChI is InChI=1S/C15H18N6O2S/c1-10(22)21-7-4-11(14-12(21)3-2-5-17-14)18-19-15(24)20-8-6-16-13(23)9-20/h2-3,5H,4,6-9H2,1H3,(H,16,23)(H,19,24)/b18-11-. The second-order valence-corrected chi connectivity index (χ2v) is 5.93. The number of thiocarbonyl (C=S) groups is 1. The van der Waals surface area contributed by atoms with Crippen molar-refractivity contribution in [3.8, 4) is 0 Å². The minimum Gasteiger partial charge on any atom is -0.353 e. The molecular formula is C15H18N6O2S. The van der Waals surface area contributed by atoms with Crippen molar-refractivity contribution in [2.24, 2.45) is 5.10 Å². The second kappa shape index (κ2) is 6.91. The van der Waals surface area contributed by atoms with Crippen molar-refractivity contribution in [1.82, 2.24) is 20.6 Å². The summed E-state index contributed by atoms with van der Waals surface area (Å²) in [6.07, 6.45) is 2.25. The average Bonchev–Trinajstić information content (AvgIpc) is 2.59. The Morgan fingerprint density at radius 3 is 3.04 bits per heavy atom. The van der Waals surface area contributed by atoms with Gasteiger partial charge in [-0.15, -0.1) is 0 Å². The van der Waals surface area contributed by atoms with Gasteiger partial charge in [0, 0.05) is 39.2 Å². The molecule has 8 nitrogen and oxygen atoms in total. The smallest absolute Gasteiger partial charge is 0.239 e. The molecule has 2 aliphatic heterocycles. The number of nitrogens with one attached hydrogen (secondary N) is 2. The highest BCUT2D eigenvalue weighted by atomic mass is 32.1. The Balaban J connectivity index is 1.76. The van der Waals surface area contributed by atoms with Crippen molar-refractivity contribution >= 4 is 40.5 Å². The summed E-state index contributed by atoms with van der Waals surface area (Å²) in [6, 6.07) is 3.65. The summed E-state index contributed by atoms with van der Waals surface area (Å²) in [4.78, 5) is 31.0. The molecule has 1 aromatic heterocycles. The van der Waals surface area contributed by atoms with E-state index in [1.807, 2.05) is 6.07 Å². The van der Waals surface area contributed by atoms with Gasteiger partial charge in [-0.1, -0.05) is 0 Å². The SMILES string of the molecule is CC(=O)N1CC/C(=N/NC(=S)N2CCNC(=O)C2)c2ncccc21. The molecule has 0 aliphatic carbocycles. The van der Waals surface area contributed by atoms with Gasteiger partial charge in [0.05, 0.1) is 17.9 Å². The van der Waals surface area contributed by atoms with E-state index in [0.717, 1.165) is 11.4 Å². The van der Waals surface area contributed by atoms with Crippen molar-refractivity contribution in [2.45, 2.75) is 13.3 Å². The Labute approximate surface area is 144 Å². The Morgan fingerprint density at radius 2 is 2.29 bits per heavy atom. The van der Waals surface area contributed by atoms with Crippen LogP contribution in [0.5, 0.6) is 0 Å². The summed E-state index contributed by atoms with van der Waals surface area (Å²) in [5.41, 5.74) is 5.01. The van der Waals surface area contributed by atoms with Crippen molar-refractivity contribution in [1.29, 1.82) is 0 Å². The van der Waals surface area contributed by atoms with E-state index in [4.69, 9.17) is 12.2 Å². The third-order valence-corrected chi connectivity index (χ3v) is 4.26. The minimum atomic E-state index is -0.0557. The summed E-state index contributed by atoms with van der Waals surface area (Å²) in [5.74, 6) is -0.0778. The van der Waals surface area contributed by atoms with Crippen LogP contribution in [0.15, 0.2) is 23.4 Å². The fraction of sp³-hybridized carbons (Fsp3) is 0.400. The van der Waals surface area contributed by atoms with Crippen LogP contribution in [0.25, 0.3) is 0 Å². The largest absolute Gasteiger partial charge is 0.353 e. The molecule has 0 atom stereocenters. The molecule has 126 valence electrons. The molecule has 0 bridgehead atoms. The van der Waals surface area contributed by atoms with Gasteiger partial charge in [0.15, 0.2) is 5.11 Å². The lowest BCUT2D eigenvalue weighted by atomic mass is 10.1. The molecule has 2 N–H and O–H groups in total. The number of piperazine rings is 1. The highest BCUT2D eigenvalue weighted by molar-refractivity contribution is 7.80. The number of fused-ring (bicyclic) bond motifs is 1. The number of pyridine rings is 1. The Morgan fingerprint density at radius 1 is 1.46 bits per heavy atom. The van der Waals surface area contributed by atoms with E-state index in [9.17, 15) is 9.59 Å². The average molecular weight is 346 g/mol. The van der Waals surface area contributed by atoms with E-state index in [0.29, 0.717) is 36.9 Å². The number of anilines is 1. The maximum atomic E-state index is 11.7. The van der Waals surface area contributed by atoms with Gasteiger partial charge in [-0.2, -0.15) is 5.10 Å². The predicted molar refractivity (Wildman–Crippen MR) is 93.7 cm³/mol. The molecule has 0 spiro atoms. The Bertz CT molecular complexity index is 720. The van der Waals surface area contributed by atoms with Crippen LogP contribution in [-0.2, 0) is 9.59 Å². The number of hydrazone groups is 1. The van der Waals surface area contributed by atoms with Crippen LogP contribution in [0.3, 0.4) is 0 Å². The van der Waals surface area contributed by atoms with Crippen molar-refractivity contribution < 1.29 is 9.59 Å². The quantitative estimate of drug-likeness (QED) is 0.543. The molecule has 3 heterocycles. The first-order valence-electron chi connectivity index (χ1n) is 7.68. The summed E-state index contributed by atoms with van der Waals surface area (Å²) >= 11 is 5.30. The molecule has 1 aromatic rings. The third kappa shape index (κ3) is 3.35. The monoisotopic (exact) mass is 346 g/mol. The number of amides is 2. The normalized spacial score (nSPS) is 18.9. The molecule has 2 amide bonds. The lowest BCUT2D eigenvalue weighted by molar-refractivity contribution is -0.122. The van der Waals surface area contributed by atoms with Crippen LogP contribution in [0.1, 0.15) is 19.0 Å². The number of carbonyl (C=O) groups is 2. The van der Waals surface area contributed by atoms with Crippen LogP contribution in [-0.4, -0.2) is 58.7 Å². The van der Waals surface area contributed by atoms with Gasteiger partial charge in [0.2, 0.25) is 11.8 Å². The topological polar surface area (TPSA) is 89.9 Å². The van der Waals surface area contributed by atoms with E-state index >= 15 is 0 Å². The van der Waals surface area contributed by atoms with Crippen LogP contribution < -0.4 is 15.6 Å². The fourth-order valence-corrected chi connectivity index (χ4v) is 2.93. The summed E-state index contributed by atoms with van der Waals surface area (Å²) in [5, 5.41) is 7.53. The molecule has 0 unspecified atom stereocenters. The van der Waals surface area contributed by atoms with E-state index in [1.54, 1.807) is 22.1 Å². The van der Waals surface area contributed by atoms with Crippen LogP contribution >= 0.6 is 12.2 Å². The van der Waals surface area contributed by atoms with Gasteiger partial charge < -0.3 is 15.1 Å². The summed E-state index contributed by atoms with van der Waals surface area (Å²) < 4.78 is 0. The zero-order valence-corrected chi connectivity index (χ0v) is 14.1. The van der Waals surface area contributed by atoms with Gasteiger partial charge in [0.1, 0.15) is 5.69 Å². The number of aromatic nitrogens is 1. The molecule has 3 rings (SSSR count). The second-order valence-electron chi connectivity index (χ2n) is 5.54. The molecule has 9 heteroatoms. The molecule has 0 aromatic carbocycles. The highest BCUT2D eigenvalue weighted by Gasteiger charge is 2.25. The van der Waals surface area contributed by atoms with Crippen molar-refractivity contribution in [3.63, 3.8) is 0 Å². The van der Waals surface area contributed by atoms with Crippen molar-refractivity contribution in [3.05, 3.63) is 24.0 Å². The van der Waals surface area contributed by atoms with Gasteiger partial charge in [-0.3, -0.25) is 20.0 Å². The number of carbonyl (C=O) groups excluding carboxylic acids is 2. The van der Waals surface area contributed by atoms with Gasteiger partial charge in [-0.05, 0) is 24.4 Å². The molecular weight excluding hydrogens is 328 g/mol. The van der Waals surface area contributed by atoms with E-state index in [-0.39, 0.29) is 18.4 Å². The maximum Gasteiger partial charge on any atom is 0.239 e. The van der Waals surface area contributed by atoms with Crippen LogP contribution in [0.2, 0.25) is 0 Å². The number of rotatable bonds is 1. The molecule has 1 fully saturated rings. The zero-order valence-electron chi connectivity index (χ0n) is 13.3. The first-order valence-corrected chi connectivity index (χ1v) is 8.09. The highest BCUT2D eigenvalue weighted by Crippen LogP contribution is 2.25. The van der Waals surface area contributed by atoms with Gasteiger partial charge >= 0.3 is 0 Å². The number of hydrogen-bond donors (Lipinski definition) is 2. The van der Waals surface area contributed by atoms with Crippen LogP contribution in [0.4, 0.5) is 5.69 Å². The Kier molecular flexibility index (Phi) is 4.70. The molecule has 0 saturated carbocycles. The fourth-order valence-electron chi connectivity index (χ4n) is 2.73. The Hall–Kier alpha value is -2.55. The van der Waals surface area contributed by atoms with Gasteiger partial charge in [-0.25, -0.2) is 0 Å². The minimum absolute atomic E-state index is 0.0221. The molecule has 0 radical (unpaired) electrons. The van der Waals surface area contributed by atoms with Crippen LogP contribution in [0, 0.1) is 0 Å². The maximum absolute atomic E-state index is 11.7. The summed E-state index contributed by atoms with van der Waals surface area (Å²) in [6.45, 7) is 3.52. The van der Waals surface area contributed by atoms with E-state index in [1.165, 1.54) is 6.92 Å². The zero-order chi connectivity index (χ0) is 17.1. The number of nitrogens with zero attached hydrogens (tertiary/aromatic N) is 4. The molecule has 1 saturated heterocycles. The molecule has 24 heavy (non-hydrogen) atoms. The number of hydrogen-bond acceptors (Lipinski definition) is 5. The van der Waals surface area contributed by atoms with Crippen molar-refractivity contribution in [2.75, 3.05) is 31.1 Å². The van der Waals surface area contributed by atoms with E-state index < -0.39 is 0 Å². The summed E-state index contributed by atoms with van der Waals surface area (Å²) in [7, 11) is 0. The van der Waals surface area contributed by atoms with E-state index in [2.05, 4.69) is 20.8 Å². The first-order chi connectivity index (χ1) is 11.6.